The molecular weight excluding hydrogens is 582 g/mol. The number of nitrogens with zero attached hydrogens (tertiary/aromatic N) is 6. The first kappa shape index (κ1) is 32.4. The number of rotatable bonds is 8. The van der Waals surface area contributed by atoms with Crippen LogP contribution < -0.4 is 27.0 Å². The lowest BCUT2D eigenvalue weighted by molar-refractivity contribution is -0.117. The number of amidine groups is 1. The van der Waals surface area contributed by atoms with Gasteiger partial charge >= 0.3 is 5.69 Å². The van der Waals surface area contributed by atoms with Crippen LogP contribution in [0, 0.1) is 6.92 Å². The highest BCUT2D eigenvalue weighted by Gasteiger charge is 2.18. The first-order valence-electron chi connectivity index (χ1n) is 15.8. The molecule has 0 unspecified atom stereocenters. The molecule has 6 N–H and O–H groups in total. The maximum atomic E-state index is 12.6. The number of hydrogen-bond acceptors (Lipinski definition) is 9. The molecule has 0 atom stereocenters. The molecule has 2 aliphatic rings. The molecule has 0 aliphatic carbocycles. The number of allylic oxidation sites excluding steroid dienone is 1. The highest BCUT2D eigenvalue weighted by molar-refractivity contribution is 6.06. The third kappa shape index (κ3) is 8.36. The Bertz CT molecular complexity index is 1760. The van der Waals surface area contributed by atoms with Gasteiger partial charge in [-0.1, -0.05) is 12.1 Å². The number of hydrogen-bond donors (Lipinski definition) is 5. The maximum absolute atomic E-state index is 12.6. The topological polar surface area (TPSA) is 173 Å². The number of likely N-dealkylation sites (tertiary alicyclic amines) is 1. The summed E-state index contributed by atoms with van der Waals surface area (Å²) in [6, 6.07) is 7.70. The van der Waals surface area contributed by atoms with E-state index in [9.17, 15) is 9.59 Å². The summed E-state index contributed by atoms with van der Waals surface area (Å²) in [4.78, 5) is 50.8. The van der Waals surface area contributed by atoms with Crippen LogP contribution in [0.2, 0.25) is 0 Å². The van der Waals surface area contributed by atoms with E-state index in [-0.39, 0.29) is 17.5 Å². The minimum atomic E-state index is -0.261. The summed E-state index contributed by atoms with van der Waals surface area (Å²) >= 11 is 0. The van der Waals surface area contributed by atoms with Gasteiger partial charge < -0.3 is 26.3 Å². The van der Waals surface area contributed by atoms with E-state index in [1.54, 1.807) is 18.5 Å². The van der Waals surface area contributed by atoms with Crippen LogP contribution in [-0.2, 0) is 4.79 Å². The van der Waals surface area contributed by atoms with E-state index in [1.807, 2.05) is 51.4 Å². The van der Waals surface area contributed by atoms with Crippen molar-refractivity contribution in [1.82, 2.24) is 35.1 Å². The number of benzene rings is 1. The van der Waals surface area contributed by atoms with Crippen molar-refractivity contribution in [1.29, 1.82) is 0 Å². The number of fused-ring (bicyclic) bond motifs is 1. The molecule has 0 saturated carbocycles. The number of carbonyl (C=O) groups excluding carboxylic acids is 1. The maximum Gasteiger partial charge on any atom is 0.346 e. The zero-order valence-corrected chi connectivity index (χ0v) is 26.8. The van der Waals surface area contributed by atoms with Crippen LogP contribution in [0.1, 0.15) is 44.6 Å². The van der Waals surface area contributed by atoms with Gasteiger partial charge in [0.2, 0.25) is 5.91 Å². The Morgan fingerprint density at radius 1 is 1.09 bits per heavy atom. The second kappa shape index (κ2) is 15.3. The second-order valence-corrected chi connectivity index (χ2v) is 11.6. The van der Waals surface area contributed by atoms with E-state index in [0.717, 1.165) is 83.9 Å². The number of para-hydroxylation sites is 1. The van der Waals surface area contributed by atoms with Crippen molar-refractivity contribution in [2.45, 2.75) is 46.0 Å². The summed E-state index contributed by atoms with van der Waals surface area (Å²) < 4.78 is 0. The molecule has 242 valence electrons. The monoisotopic (exact) mass is 625 g/mol. The number of nitrogens with one attached hydrogen (secondary N) is 4. The van der Waals surface area contributed by atoms with Gasteiger partial charge in [0, 0.05) is 55.4 Å². The lowest BCUT2D eigenvalue weighted by Crippen LogP contribution is -2.31. The predicted octanol–water partition coefficient (Wildman–Crippen LogP) is 3.84. The van der Waals surface area contributed by atoms with Crippen LogP contribution in [0.3, 0.4) is 0 Å². The number of aliphatic imine (C=N–C) groups is 1. The molecule has 13 heteroatoms. The van der Waals surface area contributed by atoms with Gasteiger partial charge in [0.05, 0.1) is 23.4 Å². The largest absolute Gasteiger partial charge is 0.392 e. The molecule has 1 amide bonds. The van der Waals surface area contributed by atoms with Crippen LogP contribution in [0.4, 0.5) is 17.5 Å². The normalized spacial score (nSPS) is 15.8. The van der Waals surface area contributed by atoms with Gasteiger partial charge in [-0.15, -0.1) is 0 Å². The van der Waals surface area contributed by atoms with Crippen molar-refractivity contribution < 1.29 is 4.79 Å². The first-order chi connectivity index (χ1) is 22.3. The molecule has 2 aliphatic heterocycles. The fraction of sp³-hybridized carbons (Fsp3) is 0.394. The van der Waals surface area contributed by atoms with Gasteiger partial charge in [-0.25, -0.2) is 19.7 Å². The first-order valence-corrected chi connectivity index (χ1v) is 15.8. The lowest BCUT2D eigenvalue weighted by Gasteiger charge is -2.27. The minimum Gasteiger partial charge on any atom is -0.392 e. The van der Waals surface area contributed by atoms with Crippen molar-refractivity contribution in [3.05, 3.63) is 70.7 Å². The number of aromatic nitrogens is 5. The zero-order chi connectivity index (χ0) is 32.5. The van der Waals surface area contributed by atoms with E-state index in [0.29, 0.717) is 12.4 Å². The molecule has 2 fully saturated rings. The summed E-state index contributed by atoms with van der Waals surface area (Å²) in [5.74, 6) is 1.51. The third-order valence-corrected chi connectivity index (χ3v) is 8.11. The number of piperidine rings is 1. The Hall–Kier alpha value is -5.04. The Morgan fingerprint density at radius 2 is 1.85 bits per heavy atom. The van der Waals surface area contributed by atoms with Gasteiger partial charge in [0.1, 0.15) is 11.7 Å². The van der Waals surface area contributed by atoms with Crippen LogP contribution in [0.5, 0.6) is 0 Å². The SMILES string of the molecule is CN/C(C)=C\C(N)=N/c1ncc(C)c(-c2c[nH]c3c(NC(=O)CN4CCCC4)cccc23)n1.O=c1nccc(N2CCCCC2)[nH]1. The van der Waals surface area contributed by atoms with Crippen LogP contribution in [-0.4, -0.2) is 81.3 Å². The Labute approximate surface area is 268 Å². The Morgan fingerprint density at radius 3 is 2.59 bits per heavy atom. The molecule has 0 spiro atoms. The van der Waals surface area contributed by atoms with E-state index in [1.165, 1.54) is 19.3 Å². The van der Waals surface area contributed by atoms with Crippen molar-refractivity contribution in [3.63, 3.8) is 0 Å². The van der Waals surface area contributed by atoms with Gasteiger partial charge in [0.15, 0.2) is 0 Å². The molecule has 1 aromatic carbocycles. The van der Waals surface area contributed by atoms with Crippen molar-refractivity contribution in [2.24, 2.45) is 10.7 Å². The van der Waals surface area contributed by atoms with Crippen LogP contribution in [0.15, 0.2) is 64.4 Å². The Balaban J connectivity index is 0.000000266. The molecule has 5 heterocycles. The fourth-order valence-electron chi connectivity index (χ4n) is 5.67. The summed E-state index contributed by atoms with van der Waals surface area (Å²) in [5.41, 5.74) is 10.8. The number of amides is 1. The summed E-state index contributed by atoms with van der Waals surface area (Å²) in [6.45, 7) is 8.32. The number of H-pyrrole nitrogens is 2. The van der Waals surface area contributed by atoms with Gasteiger partial charge in [-0.2, -0.15) is 4.99 Å². The third-order valence-electron chi connectivity index (χ3n) is 8.11. The average Bonchev–Trinajstić information content (AvgIpc) is 3.73. The highest BCUT2D eigenvalue weighted by Crippen LogP contribution is 2.33. The molecule has 0 bridgehead atoms. The number of aryl methyl sites for hydroxylation is 1. The van der Waals surface area contributed by atoms with E-state index >= 15 is 0 Å². The van der Waals surface area contributed by atoms with Crippen molar-refractivity contribution in [2.75, 3.05) is 50.0 Å². The minimum absolute atomic E-state index is 0.00391. The van der Waals surface area contributed by atoms with Crippen LogP contribution >= 0.6 is 0 Å². The second-order valence-electron chi connectivity index (χ2n) is 11.6. The van der Waals surface area contributed by atoms with E-state index in [4.69, 9.17) is 5.73 Å². The standard InChI is InChI=1S/C24H30N8O.C9H13N3O/c1-15-12-28-24(30-20(25)11-16(2)26-3)31-22(15)18-13-27-23-17(18)7-6-8-19(23)29-21(33)14-32-9-4-5-10-32;13-9-10-5-4-8(11-9)12-6-2-1-3-7-12/h6-8,11-13,26-27H,4-5,9-10,14H2,1-3H3,(H,29,33)(H2,25,28,30,31);4-5H,1-3,6-7H2,(H,10,11,13)/b16-11-;. The summed E-state index contributed by atoms with van der Waals surface area (Å²) in [6.07, 6.45) is 13.0. The van der Waals surface area contributed by atoms with Crippen molar-refractivity contribution >= 4 is 40.1 Å². The van der Waals surface area contributed by atoms with E-state index in [2.05, 4.69) is 50.3 Å². The predicted molar refractivity (Wildman–Crippen MR) is 183 cm³/mol. The van der Waals surface area contributed by atoms with Gasteiger partial charge in [-0.3, -0.25) is 14.7 Å². The van der Waals surface area contributed by atoms with Crippen molar-refractivity contribution in [3.8, 4) is 11.3 Å². The molecule has 4 aromatic rings. The smallest absolute Gasteiger partial charge is 0.346 e. The number of nitrogens with two attached hydrogens (primary N) is 1. The quantitative estimate of drug-likeness (QED) is 0.144. The van der Waals surface area contributed by atoms with Gasteiger partial charge in [0.25, 0.3) is 5.95 Å². The molecular formula is C33H43N11O2. The number of anilines is 2. The highest BCUT2D eigenvalue weighted by atomic mass is 16.2. The van der Waals surface area contributed by atoms with Gasteiger partial charge in [-0.05, 0) is 82.8 Å². The summed E-state index contributed by atoms with van der Waals surface area (Å²) in [7, 11) is 1.82. The molecule has 46 heavy (non-hydrogen) atoms. The molecule has 13 nitrogen and oxygen atoms in total. The molecule has 6 rings (SSSR count). The zero-order valence-electron chi connectivity index (χ0n) is 26.8. The Kier molecular flexibility index (Phi) is 10.8. The van der Waals surface area contributed by atoms with E-state index < -0.39 is 0 Å². The average molecular weight is 626 g/mol. The molecule has 3 aromatic heterocycles. The molecule has 0 radical (unpaired) electrons. The number of aromatic amines is 2. The number of carbonyl (C=O) groups is 1. The lowest BCUT2D eigenvalue weighted by atomic mass is 10.1. The summed E-state index contributed by atoms with van der Waals surface area (Å²) in [5, 5.41) is 7.03. The van der Waals surface area contributed by atoms with Crippen LogP contribution in [0.25, 0.3) is 22.2 Å². The molecule has 2 saturated heterocycles. The fourth-order valence-corrected chi connectivity index (χ4v) is 5.67.